The Morgan fingerprint density at radius 2 is 1.56 bits per heavy atom. The van der Waals surface area contributed by atoms with Gasteiger partial charge in [0.15, 0.2) is 0 Å². The molecular formula is C27H46N6O3. The molecule has 0 bridgehead atoms. The Kier molecular flexibility index (Phi) is 15.9. The van der Waals surface area contributed by atoms with Crippen LogP contribution in [0.4, 0.5) is 17.2 Å². The molecule has 36 heavy (non-hydrogen) atoms. The first-order valence-corrected chi connectivity index (χ1v) is 12.9. The number of nitrogen functional groups attached to an aromatic ring is 2. The molecule has 9 heteroatoms. The number of anilines is 3. The summed E-state index contributed by atoms with van der Waals surface area (Å²) in [5.74, 6) is 1.08. The first-order valence-electron chi connectivity index (χ1n) is 12.9. The number of hydrogen-bond donors (Lipinski definition) is 3. The summed E-state index contributed by atoms with van der Waals surface area (Å²) in [5.41, 5.74) is 15.1. The molecule has 2 aromatic rings. The molecule has 0 amide bonds. The van der Waals surface area contributed by atoms with Crippen LogP contribution in [0.15, 0.2) is 30.3 Å². The van der Waals surface area contributed by atoms with Crippen LogP contribution in [0.2, 0.25) is 0 Å². The molecule has 202 valence electrons. The van der Waals surface area contributed by atoms with E-state index in [4.69, 9.17) is 31.1 Å². The second-order valence-electron chi connectivity index (χ2n) is 7.77. The lowest BCUT2D eigenvalue weighted by molar-refractivity contribution is 0.0320. The number of pyridine rings is 1. The van der Waals surface area contributed by atoms with Crippen molar-refractivity contribution in [3.05, 3.63) is 41.5 Å². The number of benzene rings is 1. The molecule has 0 atom stereocenters. The molecule has 3 heterocycles. The highest BCUT2D eigenvalue weighted by Gasteiger charge is 2.14. The van der Waals surface area contributed by atoms with Crippen LogP contribution >= 0.6 is 0 Å². The number of ether oxygens (including phenoxy) is 3. The second-order valence-corrected chi connectivity index (χ2v) is 7.77. The Labute approximate surface area is 217 Å². The van der Waals surface area contributed by atoms with E-state index in [2.05, 4.69) is 14.8 Å². The fourth-order valence-corrected chi connectivity index (χ4v) is 3.51. The van der Waals surface area contributed by atoms with Gasteiger partial charge in [0.1, 0.15) is 12.4 Å². The smallest absolute Gasteiger partial charge is 0.217 e. The quantitative estimate of drug-likeness (QED) is 0.402. The van der Waals surface area contributed by atoms with Crippen molar-refractivity contribution < 1.29 is 14.2 Å². The monoisotopic (exact) mass is 502 g/mol. The predicted molar refractivity (Wildman–Crippen MR) is 151 cm³/mol. The lowest BCUT2D eigenvalue weighted by Crippen LogP contribution is -2.38. The number of aromatic nitrogens is 1. The molecule has 4 rings (SSSR count). The molecular weight excluding hydrogens is 456 g/mol. The number of morpholine rings is 2. The van der Waals surface area contributed by atoms with Crippen LogP contribution in [0.1, 0.15) is 38.8 Å². The average Bonchev–Trinajstić information content (AvgIpc) is 2.93. The summed E-state index contributed by atoms with van der Waals surface area (Å²) in [7, 11) is 0. The molecule has 2 saturated heterocycles. The Bertz CT molecular complexity index is 869. The van der Waals surface area contributed by atoms with Gasteiger partial charge in [-0.05, 0) is 19.1 Å². The van der Waals surface area contributed by atoms with Crippen LogP contribution in [0.5, 0.6) is 5.88 Å². The van der Waals surface area contributed by atoms with Gasteiger partial charge in [-0.2, -0.15) is 4.98 Å². The first-order chi connectivity index (χ1) is 17.5. The van der Waals surface area contributed by atoms with E-state index in [1.165, 1.54) is 6.21 Å². The topological polar surface area (TPSA) is 123 Å². The largest absolute Gasteiger partial charge is 0.476 e. The van der Waals surface area contributed by atoms with Crippen molar-refractivity contribution in [2.75, 3.05) is 82.1 Å². The number of aryl methyl sites for hydroxylation is 1. The first kappa shape index (κ1) is 31.2. The number of hydrogen-bond acceptors (Lipinski definition) is 9. The van der Waals surface area contributed by atoms with Gasteiger partial charge in [-0.15, -0.1) is 0 Å². The maximum atomic E-state index is 6.98. The van der Waals surface area contributed by atoms with E-state index in [-0.39, 0.29) is 0 Å². The van der Waals surface area contributed by atoms with Gasteiger partial charge < -0.3 is 36.0 Å². The van der Waals surface area contributed by atoms with E-state index >= 15 is 0 Å². The molecule has 1 aromatic heterocycles. The zero-order valence-corrected chi connectivity index (χ0v) is 22.8. The van der Waals surface area contributed by atoms with Crippen molar-refractivity contribution in [1.29, 1.82) is 5.41 Å². The van der Waals surface area contributed by atoms with Crippen LogP contribution < -0.4 is 21.1 Å². The third-order valence-corrected chi connectivity index (χ3v) is 5.34. The number of nitrogens with two attached hydrogens (primary N) is 2. The highest BCUT2D eigenvalue weighted by molar-refractivity contribution is 5.85. The standard InChI is InChI=1S/C15H24N4O3.C8H10N2.2C2H6/c16-14-11-13(19-4-8-21-9-5-19)12-15(17-14)22-10-3-18-1-6-20-7-2-18;1-6-2-3-8(10)7(4-6)5-9;2*1-2/h11-12H,1-10H2,(H2,16,17);2-5,9H,10H2,1H3;2*1-2H3. The fourth-order valence-electron chi connectivity index (χ4n) is 3.51. The normalized spacial score (nSPS) is 15.2. The Morgan fingerprint density at radius 3 is 2.14 bits per heavy atom. The maximum Gasteiger partial charge on any atom is 0.217 e. The summed E-state index contributed by atoms with van der Waals surface area (Å²) in [5, 5.41) is 6.98. The minimum Gasteiger partial charge on any atom is -0.476 e. The van der Waals surface area contributed by atoms with Crippen molar-refractivity contribution >= 4 is 23.4 Å². The van der Waals surface area contributed by atoms with Gasteiger partial charge in [0.25, 0.3) is 0 Å². The second kappa shape index (κ2) is 18.4. The zero-order chi connectivity index (χ0) is 26.8. The highest BCUT2D eigenvalue weighted by atomic mass is 16.5. The van der Waals surface area contributed by atoms with E-state index in [1.54, 1.807) is 0 Å². The summed E-state index contributed by atoms with van der Waals surface area (Å²) in [6, 6.07) is 9.49. The lowest BCUT2D eigenvalue weighted by atomic mass is 10.1. The van der Waals surface area contributed by atoms with Gasteiger partial charge in [0.2, 0.25) is 5.88 Å². The van der Waals surface area contributed by atoms with Crippen LogP contribution in [-0.2, 0) is 9.47 Å². The Hall–Kier alpha value is -2.88. The molecule has 2 fully saturated rings. The average molecular weight is 503 g/mol. The van der Waals surface area contributed by atoms with E-state index in [0.29, 0.717) is 24.0 Å². The Balaban J connectivity index is 0.000000388. The Morgan fingerprint density at radius 1 is 0.944 bits per heavy atom. The van der Waals surface area contributed by atoms with Gasteiger partial charge in [-0.1, -0.05) is 39.3 Å². The summed E-state index contributed by atoms with van der Waals surface area (Å²) in [4.78, 5) is 8.84. The van der Waals surface area contributed by atoms with E-state index in [0.717, 1.165) is 76.0 Å². The molecule has 2 aliphatic heterocycles. The number of nitrogens with zero attached hydrogens (tertiary/aromatic N) is 3. The molecule has 2 aliphatic rings. The molecule has 0 radical (unpaired) electrons. The van der Waals surface area contributed by atoms with Crippen molar-refractivity contribution in [2.24, 2.45) is 0 Å². The van der Waals surface area contributed by atoms with Gasteiger partial charge in [-0.3, -0.25) is 4.90 Å². The SMILES string of the molecule is CC.CC.Cc1ccc(N)c(C=N)c1.Nc1cc(N2CCOCC2)cc(OCCN2CCOCC2)n1. The van der Waals surface area contributed by atoms with Gasteiger partial charge >= 0.3 is 0 Å². The molecule has 0 aliphatic carbocycles. The number of nitrogens with one attached hydrogen (secondary N) is 1. The molecule has 1 aromatic carbocycles. The molecule has 0 saturated carbocycles. The fraction of sp³-hybridized carbons (Fsp3) is 0.556. The summed E-state index contributed by atoms with van der Waals surface area (Å²) >= 11 is 0. The van der Waals surface area contributed by atoms with E-state index in [1.807, 2.05) is 65.0 Å². The van der Waals surface area contributed by atoms with Crippen LogP contribution in [0.25, 0.3) is 0 Å². The van der Waals surface area contributed by atoms with E-state index < -0.39 is 0 Å². The minimum atomic E-state index is 0.491. The third-order valence-electron chi connectivity index (χ3n) is 5.34. The highest BCUT2D eigenvalue weighted by Crippen LogP contribution is 2.23. The van der Waals surface area contributed by atoms with Gasteiger partial charge in [0.05, 0.1) is 26.4 Å². The van der Waals surface area contributed by atoms with E-state index in [9.17, 15) is 0 Å². The van der Waals surface area contributed by atoms with Crippen molar-refractivity contribution in [3.8, 4) is 5.88 Å². The van der Waals surface area contributed by atoms with Gasteiger partial charge in [-0.25, -0.2) is 0 Å². The van der Waals surface area contributed by atoms with Crippen molar-refractivity contribution in [3.63, 3.8) is 0 Å². The number of rotatable bonds is 6. The molecule has 9 nitrogen and oxygen atoms in total. The molecule has 5 N–H and O–H groups in total. The van der Waals surface area contributed by atoms with Crippen LogP contribution in [0.3, 0.4) is 0 Å². The molecule has 0 spiro atoms. The summed E-state index contributed by atoms with van der Waals surface area (Å²) in [6.07, 6.45) is 1.27. The van der Waals surface area contributed by atoms with Gasteiger partial charge in [0, 0.05) is 68.0 Å². The zero-order valence-electron chi connectivity index (χ0n) is 22.8. The van der Waals surface area contributed by atoms with Crippen molar-refractivity contribution in [2.45, 2.75) is 34.6 Å². The maximum absolute atomic E-state index is 6.98. The van der Waals surface area contributed by atoms with Crippen LogP contribution in [0, 0.1) is 12.3 Å². The summed E-state index contributed by atoms with van der Waals surface area (Å²) < 4.78 is 16.5. The lowest BCUT2D eigenvalue weighted by Gasteiger charge is -2.29. The predicted octanol–water partition coefficient (Wildman–Crippen LogP) is 3.84. The van der Waals surface area contributed by atoms with Crippen molar-refractivity contribution in [1.82, 2.24) is 9.88 Å². The minimum absolute atomic E-state index is 0.491. The molecule has 0 unspecified atom stereocenters. The van der Waals surface area contributed by atoms with Crippen LogP contribution in [-0.4, -0.2) is 81.9 Å². The third kappa shape index (κ3) is 11.2. The summed E-state index contributed by atoms with van der Waals surface area (Å²) in [6.45, 7) is 18.2.